The van der Waals surface area contributed by atoms with Gasteiger partial charge in [-0.15, -0.1) is 5.10 Å². The molecule has 11 heteroatoms. The first-order valence-electron chi connectivity index (χ1n) is 9.82. The fourth-order valence-electron chi connectivity index (χ4n) is 4.25. The average Bonchev–Trinajstić information content (AvgIpc) is 3.15. The topological polar surface area (TPSA) is 116 Å². The van der Waals surface area contributed by atoms with Crippen LogP contribution in [0.2, 0.25) is 5.02 Å². The zero-order valence-electron chi connectivity index (χ0n) is 17.5. The smallest absolute Gasteiger partial charge is 0.391 e. The van der Waals surface area contributed by atoms with Gasteiger partial charge in [0.25, 0.3) is 0 Å². The number of aliphatic hydroxyl groups is 1. The van der Waals surface area contributed by atoms with Gasteiger partial charge < -0.3 is 9.52 Å². The molecule has 0 aliphatic carbocycles. The lowest BCUT2D eigenvalue weighted by atomic mass is 9.87. The first-order valence-corrected chi connectivity index (χ1v) is 11.6. The number of β-amino-alcohol motifs (C(OH)–C–C–N with tert-alkyl or cyclic N) is 1. The maximum absolute atomic E-state index is 14.9. The lowest BCUT2D eigenvalue weighted by Crippen LogP contribution is -2.44. The van der Waals surface area contributed by atoms with E-state index >= 15 is 0 Å². The van der Waals surface area contributed by atoms with Gasteiger partial charge in [-0.3, -0.25) is 0 Å². The van der Waals surface area contributed by atoms with E-state index in [9.17, 15) is 22.7 Å². The molecule has 170 valence electrons. The standard InChI is InChI=1S/C21H21ClFN3O5S/c1-10-4-6-15(23)18(11(10)2)12(3)19(20-24-25-21(28)31-20)26-9-16(27)14-8-13(22)5-7-17(14)32(26,29)30/h4-8,12,16,19,27H,9H2,1-3H3,(H,25,28)/t12-,16?,19+/m1/s1. The van der Waals surface area contributed by atoms with Crippen LogP contribution in [0, 0.1) is 19.7 Å². The van der Waals surface area contributed by atoms with Crippen molar-refractivity contribution in [3.63, 3.8) is 0 Å². The van der Waals surface area contributed by atoms with E-state index in [1.807, 2.05) is 6.92 Å². The Morgan fingerprint density at radius 2 is 2.03 bits per heavy atom. The summed E-state index contributed by atoms with van der Waals surface area (Å²) in [5.41, 5.74) is 1.90. The predicted molar refractivity (Wildman–Crippen MR) is 114 cm³/mol. The van der Waals surface area contributed by atoms with Crippen LogP contribution in [-0.4, -0.2) is 34.6 Å². The highest BCUT2D eigenvalue weighted by atomic mass is 35.5. The van der Waals surface area contributed by atoms with E-state index in [1.165, 1.54) is 24.3 Å². The molecule has 3 atom stereocenters. The number of H-pyrrole nitrogens is 1. The van der Waals surface area contributed by atoms with Crippen LogP contribution in [0.1, 0.15) is 53.1 Å². The molecule has 0 fully saturated rings. The zero-order valence-corrected chi connectivity index (χ0v) is 19.0. The van der Waals surface area contributed by atoms with Crippen molar-refractivity contribution in [3.8, 4) is 0 Å². The van der Waals surface area contributed by atoms with Crippen molar-refractivity contribution < 1.29 is 22.3 Å². The molecule has 2 aromatic carbocycles. The quantitative estimate of drug-likeness (QED) is 0.590. The Kier molecular flexibility index (Phi) is 5.74. The SMILES string of the molecule is Cc1ccc(F)c([C@@H](C)[C@@H](c2n[nH]c(=O)o2)N2CC(O)c3cc(Cl)ccc3S2(=O)=O)c1C. The molecule has 0 saturated heterocycles. The number of hydrogen-bond donors (Lipinski definition) is 2. The molecule has 4 rings (SSSR count). The molecule has 0 saturated carbocycles. The van der Waals surface area contributed by atoms with E-state index in [0.29, 0.717) is 5.56 Å². The Morgan fingerprint density at radius 3 is 2.69 bits per heavy atom. The Balaban J connectivity index is 1.92. The summed E-state index contributed by atoms with van der Waals surface area (Å²) in [6, 6.07) is 5.85. The lowest BCUT2D eigenvalue weighted by Gasteiger charge is -2.38. The molecular weight excluding hydrogens is 461 g/mol. The molecule has 0 radical (unpaired) electrons. The summed E-state index contributed by atoms with van der Waals surface area (Å²) >= 11 is 5.99. The van der Waals surface area contributed by atoms with Gasteiger partial charge in [-0.2, -0.15) is 4.31 Å². The van der Waals surface area contributed by atoms with Gasteiger partial charge in [0.1, 0.15) is 11.9 Å². The minimum atomic E-state index is -4.18. The van der Waals surface area contributed by atoms with Crippen LogP contribution in [0.3, 0.4) is 0 Å². The van der Waals surface area contributed by atoms with Gasteiger partial charge in [-0.25, -0.2) is 22.7 Å². The minimum Gasteiger partial charge on any atom is -0.391 e. The number of sulfonamides is 1. The molecule has 1 unspecified atom stereocenters. The van der Waals surface area contributed by atoms with Crippen LogP contribution in [0.4, 0.5) is 4.39 Å². The minimum absolute atomic E-state index is 0.128. The summed E-state index contributed by atoms with van der Waals surface area (Å²) in [5, 5.41) is 17.0. The van der Waals surface area contributed by atoms with Crippen molar-refractivity contribution in [2.75, 3.05) is 6.54 Å². The monoisotopic (exact) mass is 481 g/mol. The van der Waals surface area contributed by atoms with Crippen LogP contribution in [0.5, 0.6) is 0 Å². The largest absolute Gasteiger partial charge is 0.434 e. The Hall–Kier alpha value is -2.53. The number of halogens is 2. The summed E-state index contributed by atoms with van der Waals surface area (Å²) in [6.45, 7) is 4.83. The number of fused-ring (bicyclic) bond motifs is 1. The fourth-order valence-corrected chi connectivity index (χ4v) is 6.32. The van der Waals surface area contributed by atoms with Gasteiger partial charge in [0.2, 0.25) is 15.9 Å². The van der Waals surface area contributed by atoms with E-state index in [2.05, 4.69) is 10.2 Å². The first-order chi connectivity index (χ1) is 15.0. The molecule has 1 aliphatic heterocycles. The molecule has 0 bridgehead atoms. The van der Waals surface area contributed by atoms with Crippen LogP contribution in [0.15, 0.2) is 44.4 Å². The molecule has 0 amide bonds. The second-order valence-electron chi connectivity index (χ2n) is 7.86. The first kappa shape index (κ1) is 22.7. The number of aryl methyl sites for hydroxylation is 1. The third-order valence-corrected chi connectivity index (χ3v) is 8.11. The molecule has 0 spiro atoms. The van der Waals surface area contributed by atoms with Gasteiger partial charge in [0.05, 0.1) is 11.0 Å². The van der Waals surface area contributed by atoms with Crippen LogP contribution < -0.4 is 5.76 Å². The molecule has 1 aliphatic rings. The maximum Gasteiger partial charge on any atom is 0.434 e. The van der Waals surface area contributed by atoms with Crippen molar-refractivity contribution in [2.45, 2.75) is 43.7 Å². The van der Waals surface area contributed by atoms with Crippen LogP contribution in [0.25, 0.3) is 0 Å². The lowest BCUT2D eigenvalue weighted by molar-refractivity contribution is 0.110. The van der Waals surface area contributed by atoms with Crippen molar-refractivity contribution in [1.82, 2.24) is 14.5 Å². The van der Waals surface area contributed by atoms with Crippen molar-refractivity contribution >= 4 is 21.6 Å². The summed E-state index contributed by atoms with van der Waals surface area (Å²) < 4.78 is 48.2. The predicted octanol–water partition coefficient (Wildman–Crippen LogP) is 3.35. The molecule has 32 heavy (non-hydrogen) atoms. The van der Waals surface area contributed by atoms with Gasteiger partial charge in [0, 0.05) is 23.0 Å². The molecule has 3 aromatic rings. The number of rotatable bonds is 4. The summed E-state index contributed by atoms with van der Waals surface area (Å²) in [7, 11) is -4.18. The van der Waals surface area contributed by atoms with E-state index in [4.69, 9.17) is 16.0 Å². The third kappa shape index (κ3) is 3.66. The van der Waals surface area contributed by atoms with E-state index < -0.39 is 39.7 Å². The van der Waals surface area contributed by atoms with Gasteiger partial charge in [-0.1, -0.05) is 24.6 Å². The molecule has 2 heterocycles. The number of aromatic amines is 1. The second kappa shape index (κ2) is 8.11. The van der Waals surface area contributed by atoms with Crippen molar-refractivity contribution in [2.24, 2.45) is 0 Å². The van der Waals surface area contributed by atoms with Crippen LogP contribution >= 0.6 is 11.6 Å². The number of nitrogens with zero attached hydrogens (tertiary/aromatic N) is 2. The molecule has 8 nitrogen and oxygen atoms in total. The highest BCUT2D eigenvalue weighted by Gasteiger charge is 2.45. The summed E-state index contributed by atoms with van der Waals surface area (Å²) in [6.07, 6.45) is -1.20. The number of benzene rings is 2. The number of aliphatic hydroxyl groups excluding tert-OH is 1. The number of hydrogen-bond acceptors (Lipinski definition) is 6. The van der Waals surface area contributed by atoms with Crippen LogP contribution in [-0.2, 0) is 10.0 Å². The highest BCUT2D eigenvalue weighted by molar-refractivity contribution is 7.89. The highest BCUT2D eigenvalue weighted by Crippen LogP contribution is 2.44. The Labute approximate surface area is 188 Å². The average molecular weight is 482 g/mol. The fraction of sp³-hybridized carbons (Fsp3) is 0.333. The number of aromatic nitrogens is 2. The van der Waals surface area contributed by atoms with Gasteiger partial charge in [0.15, 0.2) is 0 Å². The normalized spacial score (nSPS) is 20.0. The zero-order chi connectivity index (χ0) is 23.4. The van der Waals surface area contributed by atoms with Gasteiger partial charge in [-0.05, 0) is 54.8 Å². The summed E-state index contributed by atoms with van der Waals surface area (Å²) in [4.78, 5) is 11.6. The van der Waals surface area contributed by atoms with E-state index in [-0.39, 0.29) is 33.5 Å². The third-order valence-electron chi connectivity index (χ3n) is 5.95. The molecular formula is C21H21ClFN3O5S. The Morgan fingerprint density at radius 1 is 1.31 bits per heavy atom. The maximum atomic E-state index is 14.9. The Bertz CT molecular complexity index is 1350. The van der Waals surface area contributed by atoms with Crippen molar-refractivity contribution in [1.29, 1.82) is 0 Å². The second-order valence-corrected chi connectivity index (χ2v) is 10.2. The molecule has 1 aromatic heterocycles. The van der Waals surface area contributed by atoms with Crippen molar-refractivity contribution in [3.05, 3.63) is 79.9 Å². The van der Waals surface area contributed by atoms with E-state index in [0.717, 1.165) is 9.87 Å². The van der Waals surface area contributed by atoms with E-state index in [1.54, 1.807) is 19.9 Å². The van der Waals surface area contributed by atoms with Gasteiger partial charge >= 0.3 is 5.76 Å². The number of nitrogens with one attached hydrogen (secondary N) is 1. The molecule has 2 N–H and O–H groups in total. The summed E-state index contributed by atoms with van der Waals surface area (Å²) in [5.74, 6) is -2.43.